The molecule has 0 bridgehead atoms. The molecule has 1 aliphatic rings. The SMILES string of the molecule is CC(C)CC1CN(Cc2cncc(Br)c2)CCCN1. The lowest BCUT2D eigenvalue weighted by molar-refractivity contribution is 0.247. The van der Waals surface area contributed by atoms with Gasteiger partial charge in [0.15, 0.2) is 0 Å². The zero-order valence-corrected chi connectivity index (χ0v) is 13.5. The first-order valence-corrected chi connectivity index (χ1v) is 7.98. The molecule has 19 heavy (non-hydrogen) atoms. The number of halogens is 1. The Morgan fingerprint density at radius 3 is 3.05 bits per heavy atom. The fourth-order valence-corrected chi connectivity index (χ4v) is 3.16. The summed E-state index contributed by atoms with van der Waals surface area (Å²) in [6.45, 7) is 9.07. The minimum atomic E-state index is 0.627. The molecule has 3 nitrogen and oxygen atoms in total. The van der Waals surface area contributed by atoms with E-state index >= 15 is 0 Å². The van der Waals surface area contributed by atoms with Crippen molar-refractivity contribution in [2.24, 2.45) is 5.92 Å². The Morgan fingerprint density at radius 2 is 2.32 bits per heavy atom. The highest BCUT2D eigenvalue weighted by Crippen LogP contribution is 2.15. The van der Waals surface area contributed by atoms with E-state index in [9.17, 15) is 0 Å². The van der Waals surface area contributed by atoms with Gasteiger partial charge in [-0.2, -0.15) is 0 Å². The van der Waals surface area contributed by atoms with Crippen molar-refractivity contribution < 1.29 is 0 Å². The Balaban J connectivity index is 1.94. The predicted octanol–water partition coefficient (Wildman–Crippen LogP) is 3.05. The molecular weight excluding hydrogens is 302 g/mol. The largest absolute Gasteiger partial charge is 0.313 e. The Bertz CT molecular complexity index is 395. The number of hydrogen-bond acceptors (Lipinski definition) is 3. The second kappa shape index (κ2) is 7.36. The summed E-state index contributed by atoms with van der Waals surface area (Å²) in [6, 6.07) is 2.80. The monoisotopic (exact) mass is 325 g/mol. The number of nitrogens with one attached hydrogen (secondary N) is 1. The number of rotatable bonds is 4. The molecule has 1 atom stereocenters. The Kier molecular flexibility index (Phi) is 5.79. The number of pyridine rings is 1. The highest BCUT2D eigenvalue weighted by atomic mass is 79.9. The summed E-state index contributed by atoms with van der Waals surface area (Å²) < 4.78 is 1.07. The molecule has 0 radical (unpaired) electrons. The minimum absolute atomic E-state index is 0.627. The van der Waals surface area contributed by atoms with Crippen molar-refractivity contribution in [2.45, 2.75) is 39.3 Å². The first-order chi connectivity index (χ1) is 9.13. The zero-order valence-electron chi connectivity index (χ0n) is 11.9. The Labute approximate surface area is 124 Å². The fourth-order valence-electron chi connectivity index (χ4n) is 2.75. The molecule has 0 aliphatic carbocycles. The van der Waals surface area contributed by atoms with Crippen LogP contribution in [-0.4, -0.2) is 35.6 Å². The lowest BCUT2D eigenvalue weighted by Gasteiger charge is -2.25. The quantitative estimate of drug-likeness (QED) is 0.922. The van der Waals surface area contributed by atoms with Crippen molar-refractivity contribution in [3.05, 3.63) is 28.5 Å². The summed E-state index contributed by atoms with van der Waals surface area (Å²) in [5.74, 6) is 0.755. The van der Waals surface area contributed by atoms with Gasteiger partial charge in [0.2, 0.25) is 0 Å². The molecule has 0 amide bonds. The first-order valence-electron chi connectivity index (χ1n) is 7.18. The van der Waals surface area contributed by atoms with Crippen LogP contribution in [0.25, 0.3) is 0 Å². The first kappa shape index (κ1) is 14.9. The molecule has 0 spiro atoms. The molecule has 2 heterocycles. The smallest absolute Gasteiger partial charge is 0.0410 e. The lowest BCUT2D eigenvalue weighted by Crippen LogP contribution is -2.38. The maximum Gasteiger partial charge on any atom is 0.0410 e. The third-order valence-electron chi connectivity index (χ3n) is 3.49. The average molecular weight is 326 g/mol. The summed E-state index contributed by atoms with van der Waals surface area (Å²) in [7, 11) is 0. The highest BCUT2D eigenvalue weighted by molar-refractivity contribution is 9.10. The summed E-state index contributed by atoms with van der Waals surface area (Å²) in [6.07, 6.45) is 6.30. The highest BCUT2D eigenvalue weighted by Gasteiger charge is 2.18. The van der Waals surface area contributed by atoms with Crippen molar-refractivity contribution >= 4 is 15.9 Å². The van der Waals surface area contributed by atoms with Gasteiger partial charge in [-0.3, -0.25) is 9.88 Å². The maximum absolute atomic E-state index is 4.25. The molecule has 0 saturated carbocycles. The van der Waals surface area contributed by atoms with Crippen LogP contribution in [0.3, 0.4) is 0 Å². The number of hydrogen-bond donors (Lipinski definition) is 1. The second-order valence-electron chi connectivity index (χ2n) is 5.88. The Hall–Kier alpha value is -0.450. The van der Waals surface area contributed by atoms with Gasteiger partial charge in [0, 0.05) is 36.0 Å². The summed E-state index contributed by atoms with van der Waals surface area (Å²) in [5, 5.41) is 3.67. The average Bonchev–Trinajstić information content (AvgIpc) is 2.53. The van der Waals surface area contributed by atoms with Crippen LogP contribution in [0, 0.1) is 5.92 Å². The van der Waals surface area contributed by atoms with Crippen LogP contribution in [0.5, 0.6) is 0 Å². The van der Waals surface area contributed by atoms with E-state index in [1.807, 2.05) is 12.4 Å². The van der Waals surface area contributed by atoms with Crippen LogP contribution in [0.2, 0.25) is 0 Å². The molecular formula is C15H24BrN3. The molecule has 2 rings (SSSR count). The van der Waals surface area contributed by atoms with Crippen molar-refractivity contribution in [3.63, 3.8) is 0 Å². The van der Waals surface area contributed by atoms with Crippen LogP contribution >= 0.6 is 15.9 Å². The van der Waals surface area contributed by atoms with Gasteiger partial charge in [-0.05, 0) is 59.4 Å². The molecule has 1 N–H and O–H groups in total. The topological polar surface area (TPSA) is 28.2 Å². The number of aromatic nitrogens is 1. The van der Waals surface area contributed by atoms with E-state index in [-0.39, 0.29) is 0 Å². The third kappa shape index (κ3) is 5.21. The fraction of sp³-hybridized carbons (Fsp3) is 0.667. The molecule has 1 saturated heterocycles. The van der Waals surface area contributed by atoms with E-state index in [1.165, 1.54) is 24.9 Å². The van der Waals surface area contributed by atoms with Gasteiger partial charge in [-0.25, -0.2) is 0 Å². The molecule has 1 unspecified atom stereocenters. The summed E-state index contributed by atoms with van der Waals surface area (Å²) in [5.41, 5.74) is 1.29. The molecule has 0 aromatic carbocycles. The van der Waals surface area contributed by atoms with Crippen LogP contribution < -0.4 is 5.32 Å². The minimum Gasteiger partial charge on any atom is -0.313 e. The van der Waals surface area contributed by atoms with Crippen molar-refractivity contribution in [1.29, 1.82) is 0 Å². The zero-order chi connectivity index (χ0) is 13.7. The van der Waals surface area contributed by atoms with E-state index < -0.39 is 0 Å². The Morgan fingerprint density at radius 1 is 1.47 bits per heavy atom. The van der Waals surface area contributed by atoms with Gasteiger partial charge in [0.1, 0.15) is 0 Å². The predicted molar refractivity (Wildman–Crippen MR) is 83.1 cm³/mol. The standard InChI is InChI=1S/C15H24BrN3/c1-12(2)6-15-11-19(5-3-4-18-15)10-13-7-14(16)9-17-8-13/h7-9,12,15,18H,3-6,10-11H2,1-2H3. The second-order valence-corrected chi connectivity index (χ2v) is 6.80. The number of nitrogens with zero attached hydrogens (tertiary/aromatic N) is 2. The normalized spacial score (nSPS) is 21.6. The van der Waals surface area contributed by atoms with Crippen LogP contribution in [0.1, 0.15) is 32.3 Å². The van der Waals surface area contributed by atoms with Crippen LogP contribution in [0.15, 0.2) is 22.9 Å². The van der Waals surface area contributed by atoms with Gasteiger partial charge in [-0.1, -0.05) is 13.8 Å². The van der Waals surface area contributed by atoms with E-state index in [4.69, 9.17) is 0 Å². The van der Waals surface area contributed by atoms with Gasteiger partial charge >= 0.3 is 0 Å². The summed E-state index contributed by atoms with van der Waals surface area (Å²) in [4.78, 5) is 6.80. The lowest BCUT2D eigenvalue weighted by atomic mass is 10.0. The van der Waals surface area contributed by atoms with Crippen molar-refractivity contribution in [1.82, 2.24) is 15.2 Å². The van der Waals surface area contributed by atoms with E-state index in [1.54, 1.807) is 0 Å². The van der Waals surface area contributed by atoms with Gasteiger partial charge in [-0.15, -0.1) is 0 Å². The van der Waals surface area contributed by atoms with Gasteiger partial charge in [0.05, 0.1) is 0 Å². The maximum atomic E-state index is 4.25. The molecule has 1 aromatic heterocycles. The van der Waals surface area contributed by atoms with E-state index in [0.717, 1.165) is 30.0 Å². The van der Waals surface area contributed by atoms with Gasteiger partial charge < -0.3 is 5.32 Å². The van der Waals surface area contributed by atoms with Crippen molar-refractivity contribution in [2.75, 3.05) is 19.6 Å². The molecule has 106 valence electrons. The molecule has 4 heteroatoms. The summed E-state index contributed by atoms with van der Waals surface area (Å²) >= 11 is 3.49. The van der Waals surface area contributed by atoms with Crippen LogP contribution in [-0.2, 0) is 6.54 Å². The van der Waals surface area contributed by atoms with E-state index in [2.05, 4.69) is 51.0 Å². The van der Waals surface area contributed by atoms with Gasteiger partial charge in [0.25, 0.3) is 0 Å². The van der Waals surface area contributed by atoms with Crippen LogP contribution in [0.4, 0.5) is 0 Å². The third-order valence-corrected chi connectivity index (χ3v) is 3.92. The van der Waals surface area contributed by atoms with E-state index in [0.29, 0.717) is 6.04 Å². The molecule has 1 aliphatic heterocycles. The molecule has 1 fully saturated rings. The molecule has 1 aromatic rings. The van der Waals surface area contributed by atoms with Crippen molar-refractivity contribution in [3.8, 4) is 0 Å².